The van der Waals surface area contributed by atoms with Crippen LogP contribution in [0.4, 0.5) is 10.1 Å². The summed E-state index contributed by atoms with van der Waals surface area (Å²) < 4.78 is 13.2. The highest BCUT2D eigenvalue weighted by Crippen LogP contribution is 2.34. The van der Waals surface area contributed by atoms with Gasteiger partial charge in [-0.15, -0.1) is 0 Å². The van der Waals surface area contributed by atoms with Crippen molar-refractivity contribution < 1.29 is 14.0 Å². The molecule has 18 heavy (non-hydrogen) atoms. The molecule has 0 saturated carbocycles. The first kappa shape index (κ1) is 11.0. The number of hydrogen-bond acceptors (Lipinski definition) is 3. The Balaban J connectivity index is 2.09. The fraction of sp³-hybridized carbons (Fsp3) is 0.333. The summed E-state index contributed by atoms with van der Waals surface area (Å²) in [5.74, 6) is -1.07. The third kappa shape index (κ3) is 1.45. The lowest BCUT2D eigenvalue weighted by molar-refractivity contribution is -0.131. The number of hydrazine groups is 1. The van der Waals surface area contributed by atoms with Crippen molar-refractivity contribution in [2.24, 2.45) is 0 Å². The highest BCUT2D eigenvalue weighted by molar-refractivity contribution is 6.03. The molecule has 0 bridgehead atoms. The molecule has 1 aromatic carbocycles. The molecule has 6 heteroatoms. The van der Waals surface area contributed by atoms with Gasteiger partial charge in [0.15, 0.2) is 0 Å². The minimum atomic E-state index is -0.657. The van der Waals surface area contributed by atoms with Crippen molar-refractivity contribution in [1.82, 2.24) is 10.4 Å². The van der Waals surface area contributed by atoms with Crippen LogP contribution >= 0.6 is 0 Å². The van der Waals surface area contributed by atoms with Crippen molar-refractivity contribution in [2.45, 2.75) is 25.4 Å². The van der Waals surface area contributed by atoms with Gasteiger partial charge in [-0.3, -0.25) is 15.0 Å². The number of fused-ring (bicyclic) bond motifs is 2. The zero-order chi connectivity index (χ0) is 12.9. The molecule has 0 aliphatic carbocycles. The fourth-order valence-electron chi connectivity index (χ4n) is 2.38. The van der Waals surface area contributed by atoms with Crippen LogP contribution in [-0.4, -0.2) is 22.5 Å². The second-order valence-corrected chi connectivity index (χ2v) is 4.76. The summed E-state index contributed by atoms with van der Waals surface area (Å²) in [6, 6.07) is 4.02. The first-order valence-electron chi connectivity index (χ1n) is 5.71. The van der Waals surface area contributed by atoms with Crippen LogP contribution < -0.4 is 10.7 Å². The molecule has 0 aromatic heterocycles. The Hall–Kier alpha value is -2.11. The number of amides is 2. The molecule has 2 heterocycles. The predicted octanol–water partition coefficient (Wildman–Crippen LogP) is 1.23. The van der Waals surface area contributed by atoms with Crippen molar-refractivity contribution in [3.05, 3.63) is 29.6 Å². The molecule has 0 spiro atoms. The van der Waals surface area contributed by atoms with E-state index in [1.165, 1.54) is 17.1 Å². The lowest BCUT2D eigenvalue weighted by atomic mass is 9.96. The van der Waals surface area contributed by atoms with Crippen LogP contribution in [0.2, 0.25) is 0 Å². The molecule has 1 atom stereocenters. The van der Waals surface area contributed by atoms with Crippen LogP contribution in [0.25, 0.3) is 0 Å². The number of hydrogen-bond donors (Lipinski definition) is 2. The third-order valence-corrected chi connectivity index (χ3v) is 3.39. The first-order chi connectivity index (χ1) is 8.49. The van der Waals surface area contributed by atoms with Gasteiger partial charge in [-0.05, 0) is 31.5 Å². The predicted molar refractivity (Wildman–Crippen MR) is 62.0 cm³/mol. The van der Waals surface area contributed by atoms with Gasteiger partial charge in [-0.2, -0.15) is 0 Å². The number of carbonyl (C=O) groups excluding carboxylic acids is 2. The number of anilines is 1. The summed E-state index contributed by atoms with van der Waals surface area (Å²) in [5.41, 5.74) is 2.70. The number of nitrogens with one attached hydrogen (secondary N) is 2. The normalized spacial score (nSPS) is 26.0. The number of nitrogens with zero attached hydrogens (tertiary/aromatic N) is 1. The van der Waals surface area contributed by atoms with Gasteiger partial charge < -0.3 is 5.32 Å². The molecule has 2 amide bonds. The quantitative estimate of drug-likeness (QED) is 0.727. The van der Waals surface area contributed by atoms with E-state index in [0.29, 0.717) is 18.5 Å². The van der Waals surface area contributed by atoms with Crippen molar-refractivity contribution in [2.75, 3.05) is 5.32 Å². The van der Waals surface area contributed by atoms with E-state index in [-0.39, 0.29) is 17.4 Å². The molecule has 2 aliphatic rings. The monoisotopic (exact) mass is 249 g/mol. The summed E-state index contributed by atoms with van der Waals surface area (Å²) in [6.07, 6.45) is 0.866. The maximum atomic E-state index is 13.2. The van der Waals surface area contributed by atoms with Crippen molar-refractivity contribution in [3.8, 4) is 0 Å². The van der Waals surface area contributed by atoms with Crippen LogP contribution in [0.3, 0.4) is 0 Å². The fourth-order valence-corrected chi connectivity index (χ4v) is 2.38. The second kappa shape index (κ2) is 3.44. The lowest BCUT2D eigenvalue weighted by Gasteiger charge is -2.48. The summed E-state index contributed by atoms with van der Waals surface area (Å²) in [6.45, 7) is 1.83. The van der Waals surface area contributed by atoms with Crippen molar-refractivity contribution >= 4 is 17.5 Å². The van der Waals surface area contributed by atoms with Crippen molar-refractivity contribution in [1.29, 1.82) is 0 Å². The van der Waals surface area contributed by atoms with E-state index < -0.39 is 11.5 Å². The van der Waals surface area contributed by atoms with Gasteiger partial charge in [0, 0.05) is 12.1 Å². The van der Waals surface area contributed by atoms with Gasteiger partial charge in [0.1, 0.15) is 11.5 Å². The Kier molecular flexibility index (Phi) is 2.10. The maximum Gasteiger partial charge on any atom is 0.276 e. The van der Waals surface area contributed by atoms with Gasteiger partial charge in [0.25, 0.3) is 5.91 Å². The molecular weight excluding hydrogens is 237 g/mol. The standard InChI is InChI=1S/C12H12FN3O2/c1-12-5-4-10(17)15-16(12)11(18)8-6-7(13)2-3-9(8)14-12/h2-3,6,14H,4-5H2,1H3,(H,15,17). The Morgan fingerprint density at radius 1 is 1.39 bits per heavy atom. The summed E-state index contributed by atoms with van der Waals surface area (Å²) in [7, 11) is 0. The molecule has 3 rings (SSSR count). The highest BCUT2D eigenvalue weighted by Gasteiger charge is 2.45. The second-order valence-electron chi connectivity index (χ2n) is 4.76. The van der Waals surface area contributed by atoms with Crippen LogP contribution in [0.1, 0.15) is 30.1 Å². The molecule has 2 N–H and O–H groups in total. The minimum absolute atomic E-state index is 0.206. The molecule has 1 saturated heterocycles. The molecular formula is C12H12FN3O2. The van der Waals surface area contributed by atoms with E-state index in [2.05, 4.69) is 10.7 Å². The molecule has 0 radical (unpaired) electrons. The Bertz CT molecular complexity index is 560. The molecule has 94 valence electrons. The van der Waals surface area contributed by atoms with Gasteiger partial charge in [-0.25, -0.2) is 9.40 Å². The number of benzene rings is 1. The maximum absolute atomic E-state index is 13.2. The SMILES string of the molecule is CC12CCC(=O)NN1C(=O)c1cc(F)ccc1N2. The molecule has 2 aliphatic heterocycles. The van der Waals surface area contributed by atoms with Gasteiger partial charge >= 0.3 is 0 Å². The molecule has 1 unspecified atom stereocenters. The minimum Gasteiger partial charge on any atom is -0.361 e. The van der Waals surface area contributed by atoms with E-state index in [0.717, 1.165) is 0 Å². The number of halogens is 1. The highest BCUT2D eigenvalue weighted by atomic mass is 19.1. The first-order valence-corrected chi connectivity index (χ1v) is 5.71. The van der Waals surface area contributed by atoms with Gasteiger partial charge in [0.05, 0.1) is 5.56 Å². The van der Waals surface area contributed by atoms with Crippen molar-refractivity contribution in [3.63, 3.8) is 0 Å². The van der Waals surface area contributed by atoms with Gasteiger partial charge in [0.2, 0.25) is 5.91 Å². The largest absolute Gasteiger partial charge is 0.361 e. The summed E-state index contributed by atoms with van der Waals surface area (Å²) >= 11 is 0. The Morgan fingerprint density at radius 3 is 2.94 bits per heavy atom. The van der Waals surface area contributed by atoms with E-state index in [1.807, 2.05) is 6.92 Å². The summed E-state index contributed by atoms with van der Waals surface area (Å²) in [4.78, 5) is 23.6. The van der Waals surface area contributed by atoms with E-state index in [9.17, 15) is 14.0 Å². The summed E-state index contributed by atoms with van der Waals surface area (Å²) in [5, 5.41) is 4.43. The molecule has 5 nitrogen and oxygen atoms in total. The van der Waals surface area contributed by atoms with E-state index >= 15 is 0 Å². The smallest absolute Gasteiger partial charge is 0.276 e. The van der Waals surface area contributed by atoms with Crippen LogP contribution in [-0.2, 0) is 4.79 Å². The molecule has 1 fully saturated rings. The Labute approximate surface area is 103 Å². The van der Waals surface area contributed by atoms with Crippen LogP contribution in [0.5, 0.6) is 0 Å². The zero-order valence-corrected chi connectivity index (χ0v) is 9.79. The average Bonchev–Trinajstić information content (AvgIpc) is 2.33. The van der Waals surface area contributed by atoms with E-state index in [4.69, 9.17) is 0 Å². The number of rotatable bonds is 0. The topological polar surface area (TPSA) is 61.4 Å². The van der Waals surface area contributed by atoms with Crippen LogP contribution in [0.15, 0.2) is 18.2 Å². The van der Waals surface area contributed by atoms with E-state index in [1.54, 1.807) is 6.07 Å². The third-order valence-electron chi connectivity index (χ3n) is 3.39. The van der Waals surface area contributed by atoms with Crippen LogP contribution in [0, 0.1) is 5.82 Å². The Morgan fingerprint density at radius 2 is 2.17 bits per heavy atom. The lowest BCUT2D eigenvalue weighted by Crippen LogP contribution is -2.67. The number of carbonyl (C=O) groups is 2. The zero-order valence-electron chi connectivity index (χ0n) is 9.79. The van der Waals surface area contributed by atoms with Gasteiger partial charge in [-0.1, -0.05) is 0 Å². The average molecular weight is 249 g/mol. The molecule has 1 aromatic rings.